The highest BCUT2D eigenvalue weighted by Gasteiger charge is 2.21. The summed E-state index contributed by atoms with van der Waals surface area (Å²) in [6.45, 7) is 1.88. The molecule has 2 heterocycles. The molecular formula is C13H15N5O2. The van der Waals surface area contributed by atoms with Gasteiger partial charge in [-0.15, -0.1) is 10.2 Å². The van der Waals surface area contributed by atoms with E-state index in [1.54, 1.807) is 17.2 Å². The van der Waals surface area contributed by atoms with Crippen LogP contribution in [-0.2, 0) is 9.53 Å². The second-order valence-electron chi connectivity index (χ2n) is 4.47. The summed E-state index contributed by atoms with van der Waals surface area (Å²) in [6.07, 6.45) is 2.77. The summed E-state index contributed by atoms with van der Waals surface area (Å²) >= 11 is 0. The Labute approximate surface area is 116 Å². The van der Waals surface area contributed by atoms with Gasteiger partial charge in [-0.3, -0.25) is 9.36 Å². The van der Waals surface area contributed by atoms with E-state index in [4.69, 9.17) is 4.74 Å². The van der Waals surface area contributed by atoms with Crippen LogP contribution < -0.4 is 10.6 Å². The molecule has 0 saturated carbocycles. The van der Waals surface area contributed by atoms with E-state index in [1.807, 2.05) is 24.3 Å². The molecule has 2 N–H and O–H groups in total. The van der Waals surface area contributed by atoms with Crippen LogP contribution in [0, 0.1) is 0 Å². The van der Waals surface area contributed by atoms with Gasteiger partial charge in [-0.1, -0.05) is 6.07 Å². The van der Waals surface area contributed by atoms with Gasteiger partial charge < -0.3 is 15.4 Å². The van der Waals surface area contributed by atoms with Gasteiger partial charge in [-0.2, -0.15) is 0 Å². The Kier molecular flexibility index (Phi) is 3.71. The van der Waals surface area contributed by atoms with Crippen molar-refractivity contribution in [3.63, 3.8) is 0 Å². The van der Waals surface area contributed by atoms with Crippen molar-refractivity contribution >= 4 is 11.6 Å². The monoisotopic (exact) mass is 273 g/mol. The van der Waals surface area contributed by atoms with Gasteiger partial charge in [0, 0.05) is 18.8 Å². The molecule has 0 aliphatic carbocycles. The summed E-state index contributed by atoms with van der Waals surface area (Å²) in [7, 11) is 0. The molecule has 104 valence electrons. The number of nitrogens with one attached hydrogen (secondary N) is 2. The summed E-state index contributed by atoms with van der Waals surface area (Å²) < 4.78 is 7.19. The number of nitrogens with zero attached hydrogens (tertiary/aromatic N) is 3. The highest BCUT2D eigenvalue weighted by Crippen LogP contribution is 2.14. The predicted molar refractivity (Wildman–Crippen MR) is 72.6 cm³/mol. The van der Waals surface area contributed by atoms with Gasteiger partial charge in [0.15, 0.2) is 0 Å². The lowest BCUT2D eigenvalue weighted by Gasteiger charge is -2.22. The van der Waals surface area contributed by atoms with E-state index < -0.39 is 6.10 Å². The number of benzene rings is 1. The van der Waals surface area contributed by atoms with Crippen LogP contribution in [0.3, 0.4) is 0 Å². The number of hydrogen-bond acceptors (Lipinski definition) is 5. The lowest BCUT2D eigenvalue weighted by molar-refractivity contribution is -0.128. The Bertz CT molecular complexity index is 578. The van der Waals surface area contributed by atoms with Crippen molar-refractivity contribution in [1.82, 2.24) is 20.1 Å². The van der Waals surface area contributed by atoms with Gasteiger partial charge in [0.25, 0.3) is 5.91 Å². The molecule has 20 heavy (non-hydrogen) atoms. The average Bonchev–Trinajstić information content (AvgIpc) is 3.03. The van der Waals surface area contributed by atoms with Crippen molar-refractivity contribution < 1.29 is 9.53 Å². The van der Waals surface area contributed by atoms with E-state index in [1.165, 1.54) is 0 Å². The van der Waals surface area contributed by atoms with E-state index >= 15 is 0 Å². The summed E-state index contributed by atoms with van der Waals surface area (Å²) in [5.41, 5.74) is 1.60. The van der Waals surface area contributed by atoms with Crippen LogP contribution in [0.4, 0.5) is 5.69 Å². The first-order valence-corrected chi connectivity index (χ1v) is 6.41. The summed E-state index contributed by atoms with van der Waals surface area (Å²) in [4.78, 5) is 12.1. The van der Waals surface area contributed by atoms with Crippen LogP contribution in [0.1, 0.15) is 0 Å². The van der Waals surface area contributed by atoms with E-state index in [9.17, 15) is 4.79 Å². The Morgan fingerprint density at radius 1 is 1.40 bits per heavy atom. The molecule has 1 saturated heterocycles. The number of hydrogen-bond donors (Lipinski definition) is 2. The molecular weight excluding hydrogens is 258 g/mol. The molecule has 1 unspecified atom stereocenters. The fourth-order valence-corrected chi connectivity index (χ4v) is 2.03. The largest absolute Gasteiger partial charge is 0.366 e. The zero-order valence-corrected chi connectivity index (χ0v) is 10.8. The number of carbonyl (C=O) groups is 1. The van der Waals surface area contributed by atoms with Crippen LogP contribution in [0.15, 0.2) is 36.9 Å². The van der Waals surface area contributed by atoms with E-state index in [2.05, 4.69) is 20.8 Å². The Morgan fingerprint density at radius 2 is 2.25 bits per heavy atom. The fourth-order valence-electron chi connectivity index (χ4n) is 2.03. The summed E-state index contributed by atoms with van der Waals surface area (Å²) in [6, 6.07) is 7.47. The third kappa shape index (κ3) is 2.84. The molecule has 1 aromatic carbocycles. The Balaban J connectivity index is 1.71. The normalized spacial score (nSPS) is 18.7. The number of anilines is 1. The lowest BCUT2D eigenvalue weighted by atomic mass is 10.2. The molecule has 1 aliphatic rings. The van der Waals surface area contributed by atoms with E-state index in [0.29, 0.717) is 13.2 Å². The maximum absolute atomic E-state index is 12.1. The molecule has 2 aromatic rings. The predicted octanol–water partition coefficient (Wildman–Crippen LogP) is 0.194. The number of aromatic nitrogens is 3. The van der Waals surface area contributed by atoms with Gasteiger partial charge in [0.2, 0.25) is 0 Å². The summed E-state index contributed by atoms with van der Waals surface area (Å²) in [5.74, 6) is -0.141. The van der Waals surface area contributed by atoms with Crippen LogP contribution in [0.25, 0.3) is 5.69 Å². The van der Waals surface area contributed by atoms with Crippen molar-refractivity contribution in [2.45, 2.75) is 6.10 Å². The van der Waals surface area contributed by atoms with Crippen molar-refractivity contribution in [1.29, 1.82) is 0 Å². The van der Waals surface area contributed by atoms with Crippen molar-refractivity contribution in [3.8, 4) is 5.69 Å². The molecule has 7 heteroatoms. The first-order valence-electron chi connectivity index (χ1n) is 6.41. The zero-order chi connectivity index (χ0) is 13.8. The average molecular weight is 273 g/mol. The van der Waals surface area contributed by atoms with Crippen molar-refractivity contribution in [2.75, 3.05) is 25.0 Å². The van der Waals surface area contributed by atoms with Crippen LogP contribution >= 0.6 is 0 Å². The topological polar surface area (TPSA) is 81.1 Å². The minimum absolute atomic E-state index is 0.141. The standard InChI is InChI=1S/C13H15N5O2/c19-13(12-7-14-4-5-20-12)17-10-2-1-3-11(6-10)18-8-15-16-9-18/h1-3,6,8-9,12,14H,4-5,7H2,(H,17,19). The minimum Gasteiger partial charge on any atom is -0.366 e. The smallest absolute Gasteiger partial charge is 0.254 e. The van der Waals surface area contributed by atoms with Crippen molar-refractivity contribution in [2.24, 2.45) is 0 Å². The zero-order valence-electron chi connectivity index (χ0n) is 10.8. The molecule has 0 radical (unpaired) electrons. The molecule has 0 bridgehead atoms. The highest BCUT2D eigenvalue weighted by atomic mass is 16.5. The third-order valence-electron chi connectivity index (χ3n) is 3.05. The molecule has 7 nitrogen and oxygen atoms in total. The molecule has 1 aromatic heterocycles. The number of morpholine rings is 1. The first-order chi connectivity index (χ1) is 9.83. The van der Waals surface area contributed by atoms with Crippen LogP contribution in [0.5, 0.6) is 0 Å². The number of rotatable bonds is 3. The maximum atomic E-state index is 12.1. The first kappa shape index (κ1) is 12.8. The second-order valence-corrected chi connectivity index (χ2v) is 4.47. The fraction of sp³-hybridized carbons (Fsp3) is 0.308. The van der Waals surface area contributed by atoms with Gasteiger partial charge in [0.05, 0.1) is 12.3 Å². The van der Waals surface area contributed by atoms with E-state index in [0.717, 1.165) is 17.9 Å². The number of amides is 1. The molecule has 1 fully saturated rings. The van der Waals surface area contributed by atoms with Gasteiger partial charge in [-0.25, -0.2) is 0 Å². The minimum atomic E-state index is -0.442. The number of ether oxygens (including phenoxy) is 1. The van der Waals surface area contributed by atoms with Crippen LogP contribution in [-0.4, -0.2) is 46.5 Å². The summed E-state index contributed by atoms with van der Waals surface area (Å²) in [5, 5.41) is 13.5. The third-order valence-corrected chi connectivity index (χ3v) is 3.05. The Hall–Kier alpha value is -2.25. The van der Waals surface area contributed by atoms with Gasteiger partial charge >= 0.3 is 0 Å². The quantitative estimate of drug-likeness (QED) is 0.834. The van der Waals surface area contributed by atoms with Crippen LogP contribution in [0.2, 0.25) is 0 Å². The molecule has 1 amide bonds. The molecule has 3 rings (SSSR count). The Morgan fingerprint density at radius 3 is 3.00 bits per heavy atom. The van der Waals surface area contributed by atoms with Crippen molar-refractivity contribution in [3.05, 3.63) is 36.9 Å². The second kappa shape index (κ2) is 5.81. The molecule has 0 spiro atoms. The SMILES string of the molecule is O=C(Nc1cccc(-n2cnnc2)c1)C1CNCCO1. The highest BCUT2D eigenvalue weighted by molar-refractivity contribution is 5.94. The molecule has 1 atom stereocenters. The van der Waals surface area contributed by atoms with Gasteiger partial charge in [-0.05, 0) is 18.2 Å². The van der Waals surface area contributed by atoms with E-state index in [-0.39, 0.29) is 5.91 Å². The van der Waals surface area contributed by atoms with Gasteiger partial charge in [0.1, 0.15) is 18.8 Å². The molecule has 1 aliphatic heterocycles. The number of carbonyl (C=O) groups excluding carboxylic acids is 1. The maximum Gasteiger partial charge on any atom is 0.254 e. The lowest BCUT2D eigenvalue weighted by Crippen LogP contribution is -2.45.